The highest BCUT2D eigenvalue weighted by molar-refractivity contribution is 7.99. The summed E-state index contributed by atoms with van der Waals surface area (Å²) >= 11 is 1.92. The third-order valence-corrected chi connectivity index (χ3v) is 3.63. The first-order valence-corrected chi connectivity index (χ1v) is 7.96. The maximum atomic E-state index is 3.26. The van der Waals surface area contributed by atoms with E-state index in [1.807, 2.05) is 48.2 Å². The Hall–Kier alpha value is -1.91. The van der Waals surface area contributed by atoms with Gasteiger partial charge in [0.15, 0.2) is 0 Å². The largest absolute Gasteiger partial charge is 0.158 e. The number of rotatable bonds is 4. The molecule has 0 radical (unpaired) electrons. The zero-order chi connectivity index (χ0) is 14.0. The summed E-state index contributed by atoms with van der Waals surface area (Å²) in [4.78, 5) is 0. The molecular formula is C19H18S. The van der Waals surface area contributed by atoms with Crippen molar-refractivity contribution in [2.45, 2.75) is 6.92 Å². The van der Waals surface area contributed by atoms with Crippen molar-refractivity contribution in [1.29, 1.82) is 0 Å². The predicted molar refractivity (Wildman–Crippen MR) is 90.9 cm³/mol. The third-order valence-electron chi connectivity index (χ3n) is 2.79. The van der Waals surface area contributed by atoms with E-state index in [0.29, 0.717) is 0 Å². The lowest BCUT2D eigenvalue weighted by Crippen LogP contribution is -1.82. The molecule has 0 aliphatic rings. The minimum absolute atomic E-state index is 1.05. The van der Waals surface area contributed by atoms with Crippen LogP contribution in [-0.4, -0.2) is 11.5 Å². The Morgan fingerprint density at radius 1 is 0.950 bits per heavy atom. The number of hydrogen-bond donors (Lipinski definition) is 0. The van der Waals surface area contributed by atoms with Gasteiger partial charge in [0.25, 0.3) is 0 Å². The Bertz CT molecular complexity index is 615. The molecule has 0 heterocycles. The molecule has 20 heavy (non-hydrogen) atoms. The van der Waals surface area contributed by atoms with Crippen LogP contribution in [0.1, 0.15) is 23.6 Å². The molecule has 0 saturated heterocycles. The minimum Gasteiger partial charge on any atom is -0.158 e. The molecule has 0 atom stereocenters. The van der Waals surface area contributed by atoms with Gasteiger partial charge < -0.3 is 0 Å². The van der Waals surface area contributed by atoms with Gasteiger partial charge in [-0.3, -0.25) is 0 Å². The van der Waals surface area contributed by atoms with Crippen LogP contribution in [0.5, 0.6) is 0 Å². The predicted octanol–water partition coefficient (Wildman–Crippen LogP) is 4.85. The van der Waals surface area contributed by atoms with Gasteiger partial charge in [-0.1, -0.05) is 67.3 Å². The molecule has 0 aromatic heterocycles. The van der Waals surface area contributed by atoms with Gasteiger partial charge in [-0.15, -0.1) is 0 Å². The maximum Gasteiger partial charge on any atom is 0.0321 e. The molecule has 0 aliphatic heterocycles. The van der Waals surface area contributed by atoms with E-state index in [1.165, 1.54) is 5.56 Å². The summed E-state index contributed by atoms with van der Waals surface area (Å²) in [7, 11) is 0. The van der Waals surface area contributed by atoms with Crippen LogP contribution in [0.3, 0.4) is 0 Å². The molecule has 0 nitrogen and oxygen atoms in total. The summed E-state index contributed by atoms with van der Waals surface area (Å²) in [6, 6.07) is 18.4. The SMILES string of the molecule is CCSC/C=C/c1ccccc1C#Cc1ccccc1. The van der Waals surface area contributed by atoms with E-state index in [2.05, 4.69) is 49.1 Å². The fourth-order valence-corrected chi connectivity index (χ4v) is 2.25. The fraction of sp³-hybridized carbons (Fsp3) is 0.158. The summed E-state index contributed by atoms with van der Waals surface area (Å²) in [5, 5.41) is 0. The molecule has 0 spiro atoms. The van der Waals surface area contributed by atoms with Crippen molar-refractivity contribution in [3.63, 3.8) is 0 Å². The van der Waals surface area contributed by atoms with E-state index >= 15 is 0 Å². The lowest BCUT2D eigenvalue weighted by molar-refractivity contribution is 1.52. The third kappa shape index (κ3) is 4.64. The topological polar surface area (TPSA) is 0 Å². The number of hydrogen-bond acceptors (Lipinski definition) is 1. The summed E-state index contributed by atoms with van der Waals surface area (Å²) in [6.07, 6.45) is 4.37. The number of thioether (sulfide) groups is 1. The van der Waals surface area contributed by atoms with Gasteiger partial charge in [-0.25, -0.2) is 0 Å². The Morgan fingerprint density at radius 2 is 1.70 bits per heavy atom. The number of benzene rings is 2. The van der Waals surface area contributed by atoms with Crippen molar-refractivity contribution in [1.82, 2.24) is 0 Å². The van der Waals surface area contributed by atoms with Gasteiger partial charge in [-0.2, -0.15) is 11.8 Å². The second kappa shape index (κ2) is 8.30. The molecule has 2 rings (SSSR count). The molecule has 0 unspecified atom stereocenters. The monoisotopic (exact) mass is 278 g/mol. The normalized spacial score (nSPS) is 10.2. The molecule has 1 heteroatoms. The standard InChI is InChI=1S/C19H18S/c1-2-20-16-8-13-18-11-6-7-12-19(18)15-14-17-9-4-3-5-10-17/h3-13H,2,16H2,1H3/b13-8+. The molecule has 0 N–H and O–H groups in total. The van der Waals surface area contributed by atoms with E-state index in [-0.39, 0.29) is 0 Å². The second-order valence-electron chi connectivity index (χ2n) is 4.27. The van der Waals surface area contributed by atoms with E-state index in [0.717, 1.165) is 22.6 Å². The van der Waals surface area contributed by atoms with Gasteiger partial charge in [-0.05, 0) is 29.5 Å². The Balaban J connectivity index is 2.16. The Morgan fingerprint density at radius 3 is 2.50 bits per heavy atom. The zero-order valence-corrected chi connectivity index (χ0v) is 12.5. The first kappa shape index (κ1) is 14.5. The van der Waals surface area contributed by atoms with E-state index in [9.17, 15) is 0 Å². The van der Waals surface area contributed by atoms with Gasteiger partial charge >= 0.3 is 0 Å². The van der Waals surface area contributed by atoms with Crippen LogP contribution in [0.4, 0.5) is 0 Å². The van der Waals surface area contributed by atoms with Gasteiger partial charge in [0, 0.05) is 16.9 Å². The lowest BCUT2D eigenvalue weighted by Gasteiger charge is -1.98. The molecule has 0 fully saturated rings. The smallest absolute Gasteiger partial charge is 0.0321 e. The lowest BCUT2D eigenvalue weighted by atomic mass is 10.1. The highest BCUT2D eigenvalue weighted by Crippen LogP contribution is 2.11. The summed E-state index contributed by atoms with van der Waals surface area (Å²) in [5.41, 5.74) is 3.31. The molecule has 0 saturated carbocycles. The van der Waals surface area contributed by atoms with Crippen molar-refractivity contribution in [3.8, 4) is 11.8 Å². The fourth-order valence-electron chi connectivity index (χ4n) is 1.78. The Labute approximate surface area is 125 Å². The van der Waals surface area contributed by atoms with Crippen LogP contribution in [0.15, 0.2) is 60.7 Å². The molecule has 0 aliphatic carbocycles. The highest BCUT2D eigenvalue weighted by atomic mass is 32.2. The van der Waals surface area contributed by atoms with Crippen LogP contribution < -0.4 is 0 Å². The van der Waals surface area contributed by atoms with Gasteiger partial charge in [0.05, 0.1) is 0 Å². The van der Waals surface area contributed by atoms with E-state index < -0.39 is 0 Å². The van der Waals surface area contributed by atoms with E-state index in [4.69, 9.17) is 0 Å². The molecule has 0 amide bonds. The van der Waals surface area contributed by atoms with Crippen molar-refractivity contribution in [2.75, 3.05) is 11.5 Å². The first-order valence-electron chi connectivity index (χ1n) is 6.80. The quantitative estimate of drug-likeness (QED) is 0.569. The summed E-state index contributed by atoms with van der Waals surface area (Å²) in [5.74, 6) is 8.68. The van der Waals surface area contributed by atoms with Crippen LogP contribution >= 0.6 is 11.8 Å². The molecular weight excluding hydrogens is 260 g/mol. The van der Waals surface area contributed by atoms with Crippen LogP contribution in [0, 0.1) is 11.8 Å². The van der Waals surface area contributed by atoms with Crippen molar-refractivity contribution in [3.05, 3.63) is 77.4 Å². The molecule has 2 aromatic rings. The van der Waals surface area contributed by atoms with Crippen LogP contribution in [-0.2, 0) is 0 Å². The Kier molecular flexibility index (Phi) is 6.02. The van der Waals surface area contributed by atoms with Crippen molar-refractivity contribution < 1.29 is 0 Å². The average Bonchev–Trinajstić information content (AvgIpc) is 2.51. The van der Waals surface area contributed by atoms with Crippen molar-refractivity contribution >= 4 is 17.8 Å². The van der Waals surface area contributed by atoms with Gasteiger partial charge in [0.2, 0.25) is 0 Å². The molecule has 100 valence electrons. The highest BCUT2D eigenvalue weighted by Gasteiger charge is 1.94. The molecule has 0 bridgehead atoms. The summed E-state index contributed by atoms with van der Waals surface area (Å²) in [6.45, 7) is 2.18. The zero-order valence-electron chi connectivity index (χ0n) is 11.7. The maximum absolute atomic E-state index is 3.26. The second-order valence-corrected chi connectivity index (χ2v) is 5.58. The minimum atomic E-state index is 1.05. The van der Waals surface area contributed by atoms with Crippen molar-refractivity contribution in [2.24, 2.45) is 0 Å². The molecule has 2 aromatic carbocycles. The van der Waals surface area contributed by atoms with Crippen LogP contribution in [0.25, 0.3) is 6.08 Å². The summed E-state index contributed by atoms with van der Waals surface area (Å²) < 4.78 is 0. The van der Waals surface area contributed by atoms with Crippen LogP contribution in [0.2, 0.25) is 0 Å². The van der Waals surface area contributed by atoms with Gasteiger partial charge in [0.1, 0.15) is 0 Å². The van der Waals surface area contributed by atoms with E-state index in [1.54, 1.807) is 0 Å². The average molecular weight is 278 g/mol. The first-order chi connectivity index (χ1) is 9.90.